The number of carbonyl (C=O) groups is 1. The molecular weight excluding hydrogens is 364 g/mol. The fourth-order valence-electron chi connectivity index (χ4n) is 3.38. The number of benzene rings is 3. The van der Waals surface area contributed by atoms with E-state index in [4.69, 9.17) is 4.99 Å². The summed E-state index contributed by atoms with van der Waals surface area (Å²) in [7, 11) is 0. The number of aliphatic imine (C=N–C) groups is 1. The number of hydrogen-bond donors (Lipinski definition) is 0. The van der Waals surface area contributed by atoms with Gasteiger partial charge in [0.2, 0.25) is 5.91 Å². The normalized spacial score (nSPS) is 17.5. The van der Waals surface area contributed by atoms with Gasteiger partial charge in [-0.05, 0) is 37.1 Å². The van der Waals surface area contributed by atoms with Crippen LogP contribution < -0.4 is 0 Å². The van der Waals surface area contributed by atoms with Gasteiger partial charge in [-0.3, -0.25) is 9.69 Å². The maximum atomic E-state index is 13.4. The Labute approximate surface area is 170 Å². The van der Waals surface area contributed by atoms with Crippen molar-refractivity contribution in [2.75, 3.05) is 0 Å². The summed E-state index contributed by atoms with van der Waals surface area (Å²) in [5.41, 5.74) is 2.99. The van der Waals surface area contributed by atoms with Gasteiger partial charge in [-0.15, -0.1) is 0 Å². The third-order valence-electron chi connectivity index (χ3n) is 4.76. The summed E-state index contributed by atoms with van der Waals surface area (Å²) in [6.45, 7) is 3.93. The van der Waals surface area contributed by atoms with Crippen molar-refractivity contribution in [1.29, 1.82) is 0 Å². The fraction of sp³-hybridized carbons (Fsp3) is 0.167. The predicted molar refractivity (Wildman–Crippen MR) is 117 cm³/mol. The molecule has 0 bridgehead atoms. The second kappa shape index (κ2) is 7.64. The maximum absolute atomic E-state index is 13.4. The molecular formula is C24H22N2OS. The Hall–Kier alpha value is -2.85. The van der Waals surface area contributed by atoms with E-state index in [9.17, 15) is 4.79 Å². The first kappa shape index (κ1) is 18.5. The van der Waals surface area contributed by atoms with Gasteiger partial charge in [0, 0.05) is 0 Å². The zero-order valence-corrected chi connectivity index (χ0v) is 16.8. The van der Waals surface area contributed by atoms with Gasteiger partial charge in [0.1, 0.15) is 0 Å². The summed E-state index contributed by atoms with van der Waals surface area (Å²) in [6.07, 6.45) is 0. The van der Waals surface area contributed by atoms with Crippen molar-refractivity contribution in [3.8, 4) is 0 Å². The van der Waals surface area contributed by atoms with Crippen LogP contribution in [0.3, 0.4) is 0 Å². The molecule has 0 saturated carbocycles. The van der Waals surface area contributed by atoms with Gasteiger partial charge in [0.15, 0.2) is 5.17 Å². The molecule has 1 aliphatic heterocycles. The van der Waals surface area contributed by atoms with E-state index in [0.29, 0.717) is 0 Å². The molecule has 140 valence electrons. The van der Waals surface area contributed by atoms with Gasteiger partial charge in [-0.25, -0.2) is 4.99 Å². The van der Waals surface area contributed by atoms with Crippen LogP contribution in [0, 0.1) is 0 Å². The van der Waals surface area contributed by atoms with Gasteiger partial charge < -0.3 is 0 Å². The molecule has 0 N–H and O–H groups in total. The van der Waals surface area contributed by atoms with E-state index in [1.165, 1.54) is 11.8 Å². The Kier molecular flexibility index (Phi) is 5.05. The molecule has 0 aliphatic carbocycles. The van der Waals surface area contributed by atoms with E-state index in [0.717, 1.165) is 22.0 Å². The molecule has 1 amide bonds. The topological polar surface area (TPSA) is 32.7 Å². The molecule has 1 aliphatic rings. The highest BCUT2D eigenvalue weighted by Gasteiger charge is 2.48. The Bertz CT molecular complexity index is 945. The van der Waals surface area contributed by atoms with Crippen molar-refractivity contribution >= 4 is 28.5 Å². The standard InChI is InChI=1S/C24H22N2OS/c1-24(2)22(27)26(23(28-24)25-20-16-10-5-11-17-20)21(18-12-6-3-7-13-18)19-14-8-4-9-15-19/h3-17,21H,1-2H3. The highest BCUT2D eigenvalue weighted by molar-refractivity contribution is 8.16. The number of para-hydroxylation sites is 1. The van der Waals surface area contributed by atoms with Gasteiger partial charge in [0.25, 0.3) is 0 Å². The number of thioether (sulfide) groups is 1. The number of hydrogen-bond acceptors (Lipinski definition) is 3. The van der Waals surface area contributed by atoms with Crippen molar-refractivity contribution in [2.24, 2.45) is 4.99 Å². The van der Waals surface area contributed by atoms with Crippen molar-refractivity contribution in [2.45, 2.75) is 24.6 Å². The molecule has 0 atom stereocenters. The molecule has 1 heterocycles. The molecule has 0 radical (unpaired) electrons. The van der Waals surface area contributed by atoms with E-state index < -0.39 is 4.75 Å². The lowest BCUT2D eigenvalue weighted by Crippen LogP contribution is -2.39. The maximum Gasteiger partial charge on any atom is 0.245 e. The minimum absolute atomic E-state index is 0.0740. The predicted octanol–water partition coefficient (Wildman–Crippen LogP) is 5.82. The van der Waals surface area contributed by atoms with E-state index in [2.05, 4.69) is 24.3 Å². The molecule has 0 unspecified atom stereocenters. The van der Waals surface area contributed by atoms with E-state index in [1.54, 1.807) is 0 Å². The van der Waals surface area contributed by atoms with E-state index >= 15 is 0 Å². The van der Waals surface area contributed by atoms with Gasteiger partial charge >= 0.3 is 0 Å². The first-order valence-corrected chi connectivity index (χ1v) is 10.1. The van der Waals surface area contributed by atoms with Gasteiger partial charge in [0.05, 0.1) is 16.5 Å². The van der Waals surface area contributed by atoms with Crippen molar-refractivity contribution < 1.29 is 4.79 Å². The summed E-state index contributed by atoms with van der Waals surface area (Å²) < 4.78 is -0.560. The minimum Gasteiger partial charge on any atom is -0.278 e. The molecule has 0 spiro atoms. The van der Waals surface area contributed by atoms with Crippen LogP contribution in [0.25, 0.3) is 0 Å². The molecule has 0 aromatic heterocycles. The Morgan fingerprint density at radius 1 is 0.786 bits per heavy atom. The first-order chi connectivity index (χ1) is 13.6. The van der Waals surface area contributed by atoms with Crippen LogP contribution >= 0.6 is 11.8 Å². The third-order valence-corrected chi connectivity index (χ3v) is 5.91. The van der Waals surface area contributed by atoms with Crippen molar-refractivity contribution in [3.05, 3.63) is 102 Å². The number of rotatable bonds is 4. The Balaban J connectivity index is 1.87. The fourth-order valence-corrected chi connectivity index (χ4v) is 4.46. The van der Waals surface area contributed by atoms with Crippen LogP contribution in [0.2, 0.25) is 0 Å². The number of carbonyl (C=O) groups excluding carboxylic acids is 1. The molecule has 1 fully saturated rings. The smallest absolute Gasteiger partial charge is 0.245 e. The largest absolute Gasteiger partial charge is 0.278 e. The molecule has 3 aromatic carbocycles. The summed E-state index contributed by atoms with van der Waals surface area (Å²) in [6, 6.07) is 29.9. The van der Waals surface area contributed by atoms with Gasteiger partial charge in [-0.1, -0.05) is 90.6 Å². The minimum atomic E-state index is -0.560. The second-order valence-corrected chi connectivity index (χ2v) is 8.83. The third kappa shape index (κ3) is 3.60. The highest BCUT2D eigenvalue weighted by Crippen LogP contribution is 2.44. The molecule has 4 heteroatoms. The summed E-state index contributed by atoms with van der Waals surface area (Å²) >= 11 is 1.52. The molecule has 4 rings (SSSR count). The average Bonchev–Trinajstić information content (AvgIpc) is 2.94. The highest BCUT2D eigenvalue weighted by atomic mass is 32.2. The Morgan fingerprint density at radius 2 is 1.25 bits per heavy atom. The number of amidine groups is 1. The van der Waals surface area contributed by atoms with Crippen molar-refractivity contribution in [1.82, 2.24) is 4.90 Å². The SMILES string of the molecule is CC1(C)SC(=Nc2ccccc2)N(C(c2ccccc2)c2ccccc2)C1=O. The van der Waals surface area contributed by atoms with E-state index in [-0.39, 0.29) is 11.9 Å². The van der Waals surface area contributed by atoms with Crippen LogP contribution in [0.15, 0.2) is 96.0 Å². The van der Waals surface area contributed by atoms with Crippen molar-refractivity contribution in [3.63, 3.8) is 0 Å². The lowest BCUT2D eigenvalue weighted by Gasteiger charge is -2.29. The molecule has 3 aromatic rings. The van der Waals surface area contributed by atoms with Crippen LogP contribution in [0.1, 0.15) is 31.0 Å². The average molecular weight is 387 g/mol. The Morgan fingerprint density at radius 3 is 1.75 bits per heavy atom. The van der Waals surface area contributed by atoms with Crippen LogP contribution in [0.5, 0.6) is 0 Å². The zero-order chi connectivity index (χ0) is 19.6. The van der Waals surface area contributed by atoms with E-state index in [1.807, 2.05) is 85.5 Å². The lowest BCUT2D eigenvalue weighted by atomic mass is 9.96. The number of amides is 1. The molecule has 28 heavy (non-hydrogen) atoms. The summed E-state index contributed by atoms with van der Waals surface area (Å²) in [5.74, 6) is 0.0740. The lowest BCUT2D eigenvalue weighted by molar-refractivity contribution is -0.129. The van der Waals surface area contributed by atoms with Gasteiger partial charge in [-0.2, -0.15) is 0 Å². The monoisotopic (exact) mass is 386 g/mol. The number of nitrogens with zero attached hydrogens (tertiary/aromatic N) is 2. The molecule has 3 nitrogen and oxygen atoms in total. The van der Waals surface area contributed by atoms with Crippen LogP contribution in [-0.2, 0) is 4.79 Å². The van der Waals surface area contributed by atoms with Crippen LogP contribution in [0.4, 0.5) is 5.69 Å². The molecule has 1 saturated heterocycles. The quantitative estimate of drug-likeness (QED) is 0.566. The second-order valence-electron chi connectivity index (χ2n) is 7.24. The first-order valence-electron chi connectivity index (χ1n) is 9.32. The summed E-state index contributed by atoms with van der Waals surface area (Å²) in [5, 5.41) is 0.735. The van der Waals surface area contributed by atoms with Crippen LogP contribution in [-0.4, -0.2) is 20.7 Å². The summed E-state index contributed by atoms with van der Waals surface area (Å²) in [4.78, 5) is 20.1. The zero-order valence-electron chi connectivity index (χ0n) is 15.9.